The molecule has 2 N–H and O–H groups in total. The lowest BCUT2D eigenvalue weighted by molar-refractivity contribution is -0.127. The van der Waals surface area contributed by atoms with Crippen LogP contribution in [0.1, 0.15) is 26.3 Å². The van der Waals surface area contributed by atoms with Crippen molar-refractivity contribution in [2.45, 2.75) is 39.5 Å². The Morgan fingerprint density at radius 3 is 2.61 bits per heavy atom. The maximum Gasteiger partial charge on any atom is 0.260 e. The molecule has 100 valence electrons. The number of amides is 1. The maximum atomic E-state index is 13.6. The van der Waals surface area contributed by atoms with Gasteiger partial charge in [-0.05, 0) is 38.5 Å². The van der Waals surface area contributed by atoms with E-state index in [2.05, 4.69) is 5.32 Å². The number of nitrogens with one attached hydrogen (secondary N) is 1. The lowest BCUT2D eigenvalue weighted by atomic mass is 10.2. The van der Waals surface area contributed by atoms with Gasteiger partial charge in [-0.25, -0.2) is 4.39 Å². The molecule has 0 bridgehead atoms. The van der Waals surface area contributed by atoms with Gasteiger partial charge in [0, 0.05) is 6.04 Å². The van der Waals surface area contributed by atoms with E-state index in [-0.39, 0.29) is 24.3 Å². The fourth-order valence-electron chi connectivity index (χ4n) is 1.38. The summed E-state index contributed by atoms with van der Waals surface area (Å²) in [6, 6.07) is 4.14. The van der Waals surface area contributed by atoms with Crippen LogP contribution in [0.2, 0.25) is 0 Å². The monoisotopic (exact) mass is 255 g/mol. The Kier molecular flexibility index (Phi) is 5.09. The minimum atomic E-state index is -0.776. The summed E-state index contributed by atoms with van der Waals surface area (Å²) in [5.41, 5.74) is 0.458. The highest BCUT2D eigenvalue weighted by Crippen LogP contribution is 2.19. The van der Waals surface area contributed by atoms with Gasteiger partial charge in [0.25, 0.3) is 5.91 Å². The molecule has 1 atom stereocenters. The van der Waals surface area contributed by atoms with Crippen LogP contribution in [0.4, 0.5) is 4.39 Å². The lowest BCUT2D eigenvalue weighted by Crippen LogP contribution is -2.40. The average Bonchev–Trinajstić information content (AvgIpc) is 2.30. The molecular formula is C13H18FNO3. The van der Waals surface area contributed by atoms with Crippen LogP contribution in [0.25, 0.3) is 0 Å². The van der Waals surface area contributed by atoms with Crippen molar-refractivity contribution in [3.05, 3.63) is 29.6 Å². The molecule has 0 aliphatic rings. The predicted octanol–water partition coefficient (Wildman–Crippen LogP) is 1.61. The molecule has 0 aliphatic carbocycles. The van der Waals surface area contributed by atoms with E-state index in [4.69, 9.17) is 9.84 Å². The van der Waals surface area contributed by atoms with Gasteiger partial charge >= 0.3 is 0 Å². The molecule has 1 aromatic carbocycles. The number of rotatable bonds is 5. The van der Waals surface area contributed by atoms with Crippen LogP contribution in [0.5, 0.6) is 5.75 Å². The number of hydrogen-bond donors (Lipinski definition) is 2. The quantitative estimate of drug-likeness (QED) is 0.840. The number of benzene rings is 1. The standard InChI is InChI=1S/C13H18FNO3/c1-8(2)15-13(17)9(3)18-12-5-4-10(7-16)6-11(12)14/h4-6,8-9,16H,7H2,1-3H3,(H,15,17). The summed E-state index contributed by atoms with van der Waals surface area (Å²) in [5, 5.41) is 11.5. The highest BCUT2D eigenvalue weighted by molar-refractivity contribution is 5.80. The van der Waals surface area contributed by atoms with Crippen LogP contribution in [-0.2, 0) is 11.4 Å². The molecule has 0 aliphatic heterocycles. The van der Waals surface area contributed by atoms with Gasteiger partial charge in [-0.15, -0.1) is 0 Å². The van der Waals surface area contributed by atoms with Gasteiger partial charge in [0.1, 0.15) is 0 Å². The van der Waals surface area contributed by atoms with Crippen LogP contribution >= 0.6 is 0 Å². The first kappa shape index (κ1) is 14.4. The van der Waals surface area contributed by atoms with E-state index < -0.39 is 11.9 Å². The van der Waals surface area contributed by atoms with E-state index in [1.54, 1.807) is 13.0 Å². The smallest absolute Gasteiger partial charge is 0.260 e. The molecule has 4 nitrogen and oxygen atoms in total. The molecule has 0 heterocycles. The first-order chi connectivity index (χ1) is 8.43. The van der Waals surface area contributed by atoms with Crippen LogP contribution in [-0.4, -0.2) is 23.2 Å². The highest BCUT2D eigenvalue weighted by Gasteiger charge is 2.17. The van der Waals surface area contributed by atoms with Crippen molar-refractivity contribution < 1.29 is 19.0 Å². The Morgan fingerprint density at radius 1 is 1.44 bits per heavy atom. The van der Waals surface area contributed by atoms with Gasteiger partial charge in [-0.1, -0.05) is 6.07 Å². The summed E-state index contributed by atoms with van der Waals surface area (Å²) in [5.74, 6) is -0.889. The molecule has 0 fully saturated rings. The SMILES string of the molecule is CC(C)NC(=O)C(C)Oc1ccc(CO)cc1F. The average molecular weight is 255 g/mol. The van der Waals surface area contributed by atoms with Crippen LogP contribution in [0.3, 0.4) is 0 Å². The van der Waals surface area contributed by atoms with Crippen molar-refractivity contribution in [3.8, 4) is 5.75 Å². The van der Waals surface area contributed by atoms with Crippen LogP contribution < -0.4 is 10.1 Å². The van der Waals surface area contributed by atoms with Crippen molar-refractivity contribution in [3.63, 3.8) is 0 Å². The van der Waals surface area contributed by atoms with E-state index >= 15 is 0 Å². The Hall–Kier alpha value is -1.62. The largest absolute Gasteiger partial charge is 0.478 e. The summed E-state index contributed by atoms with van der Waals surface area (Å²) in [4.78, 5) is 11.6. The Balaban J connectivity index is 2.69. The number of halogens is 1. The molecular weight excluding hydrogens is 237 g/mol. The molecule has 1 rings (SSSR count). The molecule has 0 aromatic heterocycles. The van der Waals surface area contributed by atoms with Crippen molar-refractivity contribution in [2.24, 2.45) is 0 Å². The molecule has 0 saturated carbocycles. The first-order valence-electron chi connectivity index (χ1n) is 5.80. The second-order valence-electron chi connectivity index (χ2n) is 4.35. The number of ether oxygens (including phenoxy) is 1. The van der Waals surface area contributed by atoms with E-state index in [1.165, 1.54) is 12.1 Å². The Bertz CT molecular complexity index is 421. The van der Waals surface area contributed by atoms with Crippen LogP contribution in [0.15, 0.2) is 18.2 Å². The van der Waals surface area contributed by atoms with E-state index in [0.717, 1.165) is 0 Å². The van der Waals surface area contributed by atoms with Crippen LogP contribution in [0, 0.1) is 5.82 Å². The number of hydrogen-bond acceptors (Lipinski definition) is 3. The van der Waals surface area contributed by atoms with E-state index in [1.807, 2.05) is 13.8 Å². The summed E-state index contributed by atoms with van der Waals surface area (Å²) in [6.45, 7) is 4.99. The van der Waals surface area contributed by atoms with Crippen molar-refractivity contribution in [1.82, 2.24) is 5.32 Å². The molecule has 1 unspecified atom stereocenters. The molecule has 0 radical (unpaired) electrons. The molecule has 1 aromatic rings. The van der Waals surface area contributed by atoms with Crippen molar-refractivity contribution >= 4 is 5.91 Å². The Morgan fingerprint density at radius 2 is 2.11 bits per heavy atom. The third-order valence-corrected chi connectivity index (χ3v) is 2.28. The second-order valence-corrected chi connectivity index (χ2v) is 4.35. The lowest BCUT2D eigenvalue weighted by Gasteiger charge is -2.17. The number of aliphatic hydroxyl groups is 1. The number of carbonyl (C=O) groups is 1. The predicted molar refractivity (Wildman–Crippen MR) is 65.7 cm³/mol. The first-order valence-corrected chi connectivity index (χ1v) is 5.80. The Labute approximate surface area is 106 Å². The van der Waals surface area contributed by atoms with Gasteiger partial charge in [-0.3, -0.25) is 4.79 Å². The molecule has 1 amide bonds. The molecule has 0 spiro atoms. The van der Waals surface area contributed by atoms with Crippen molar-refractivity contribution in [2.75, 3.05) is 0 Å². The molecule has 5 heteroatoms. The second kappa shape index (κ2) is 6.35. The minimum absolute atomic E-state index is 0.00129. The van der Waals surface area contributed by atoms with Gasteiger partial charge < -0.3 is 15.2 Å². The summed E-state index contributed by atoms with van der Waals surface area (Å²) in [7, 11) is 0. The zero-order chi connectivity index (χ0) is 13.7. The third kappa shape index (κ3) is 4.00. The third-order valence-electron chi connectivity index (χ3n) is 2.28. The zero-order valence-corrected chi connectivity index (χ0v) is 10.7. The van der Waals surface area contributed by atoms with E-state index in [9.17, 15) is 9.18 Å². The fourth-order valence-corrected chi connectivity index (χ4v) is 1.38. The normalized spacial score (nSPS) is 12.3. The number of aliphatic hydroxyl groups excluding tert-OH is 1. The molecule has 18 heavy (non-hydrogen) atoms. The van der Waals surface area contributed by atoms with Gasteiger partial charge in [0.05, 0.1) is 6.61 Å². The summed E-state index contributed by atoms with van der Waals surface area (Å²) >= 11 is 0. The fraction of sp³-hybridized carbons (Fsp3) is 0.462. The number of carbonyl (C=O) groups excluding carboxylic acids is 1. The molecule has 0 saturated heterocycles. The van der Waals surface area contributed by atoms with Gasteiger partial charge in [0.2, 0.25) is 0 Å². The van der Waals surface area contributed by atoms with E-state index in [0.29, 0.717) is 5.56 Å². The zero-order valence-electron chi connectivity index (χ0n) is 10.7. The summed E-state index contributed by atoms with van der Waals surface area (Å²) < 4.78 is 18.8. The topological polar surface area (TPSA) is 58.6 Å². The summed E-state index contributed by atoms with van der Waals surface area (Å²) in [6.07, 6.45) is -0.776. The van der Waals surface area contributed by atoms with Crippen molar-refractivity contribution in [1.29, 1.82) is 0 Å². The van der Waals surface area contributed by atoms with Gasteiger partial charge in [0.15, 0.2) is 17.7 Å². The highest BCUT2D eigenvalue weighted by atomic mass is 19.1. The minimum Gasteiger partial charge on any atom is -0.478 e. The van der Waals surface area contributed by atoms with Gasteiger partial charge in [-0.2, -0.15) is 0 Å². The maximum absolute atomic E-state index is 13.6.